The van der Waals surface area contributed by atoms with Crippen LogP contribution in [0.1, 0.15) is 0 Å². The Morgan fingerprint density at radius 2 is 0.250 bits per heavy atom. The fraction of sp³-hybridized carbons (Fsp3) is 0. The van der Waals surface area contributed by atoms with Gasteiger partial charge in [0.15, 0.2) is 0 Å². The largest absolute Gasteiger partial charge is 0.197 e. The van der Waals surface area contributed by atoms with Crippen LogP contribution in [0, 0.1) is 0 Å². The van der Waals surface area contributed by atoms with Crippen molar-refractivity contribution in [2.24, 2.45) is 0 Å². The Hall–Kier alpha value is 3.11. The molecule has 0 nitrogen and oxygen atoms in total. The molecule has 8 heteroatoms. The third-order valence-corrected chi connectivity index (χ3v) is 0. The molecule has 0 saturated heterocycles. The molecule has 0 aromatic heterocycles. The van der Waals surface area contributed by atoms with Gasteiger partial charge in [-0.1, -0.05) is 0 Å². The first-order valence-corrected chi connectivity index (χ1v) is 0. The standard InChI is InChI=1S/Re.7H2S/h;7*1H2. The van der Waals surface area contributed by atoms with E-state index >= 15 is 0 Å². The summed E-state index contributed by atoms with van der Waals surface area (Å²) in [6.07, 6.45) is 0. The maximum absolute atomic E-state index is 0. The van der Waals surface area contributed by atoms with Crippen molar-refractivity contribution in [1.82, 2.24) is 0 Å². The second-order valence-electron chi connectivity index (χ2n) is 0. The van der Waals surface area contributed by atoms with Crippen molar-refractivity contribution >= 4 is 94.5 Å². The van der Waals surface area contributed by atoms with E-state index in [1.165, 1.54) is 0 Å². The first-order chi connectivity index (χ1) is 0. The molecule has 63 valence electrons. The molecule has 0 fully saturated rings. The van der Waals surface area contributed by atoms with Gasteiger partial charge in [0.2, 0.25) is 0 Å². The second kappa shape index (κ2) is 86.7. The number of hydrogen-bond acceptors (Lipinski definition) is 0. The fourth-order valence-corrected chi connectivity index (χ4v) is 0. The van der Waals surface area contributed by atoms with Crippen LogP contribution in [0.15, 0.2) is 0 Å². The molecule has 0 rings (SSSR count). The third kappa shape index (κ3) is 61.9. The van der Waals surface area contributed by atoms with Crippen molar-refractivity contribution in [2.45, 2.75) is 0 Å². The Morgan fingerprint density at radius 3 is 0.250 bits per heavy atom. The summed E-state index contributed by atoms with van der Waals surface area (Å²) in [6.45, 7) is 0. The molecule has 0 saturated carbocycles. The van der Waals surface area contributed by atoms with Crippen molar-refractivity contribution in [3.63, 3.8) is 0 Å². The third-order valence-electron chi connectivity index (χ3n) is 0. The van der Waals surface area contributed by atoms with Crippen LogP contribution < -0.4 is 0 Å². The van der Waals surface area contributed by atoms with Gasteiger partial charge in [0.05, 0.1) is 0 Å². The van der Waals surface area contributed by atoms with Gasteiger partial charge in [0.1, 0.15) is 0 Å². The minimum atomic E-state index is 0. The molecule has 0 aromatic rings. The molecule has 0 spiro atoms. The molecule has 0 N–H and O–H groups in total. The average Bonchev–Trinajstić information content (AvgIpc) is 0. The molecule has 8 heavy (non-hydrogen) atoms. The monoisotopic (exact) mass is 425 g/mol. The SMILES string of the molecule is S.S.S.S.S.S.S.[Re]. The van der Waals surface area contributed by atoms with Gasteiger partial charge in [-0.2, -0.15) is 94.5 Å². The van der Waals surface area contributed by atoms with E-state index in [1.54, 1.807) is 0 Å². The first kappa shape index (κ1) is 117. The molecule has 0 unspecified atom stereocenters. The Morgan fingerprint density at radius 1 is 0.250 bits per heavy atom. The molecule has 0 amide bonds. The zero-order valence-electron chi connectivity index (χ0n) is 3.88. The molecule has 0 aliphatic rings. The second-order valence-corrected chi connectivity index (χ2v) is 0. The molecule has 0 aliphatic carbocycles. The zero-order chi connectivity index (χ0) is 0. The quantitative estimate of drug-likeness (QED) is 0.539. The van der Waals surface area contributed by atoms with Gasteiger partial charge in [-0.05, 0) is 0 Å². The Balaban J connectivity index is 0. The molecular formula is H14ReS7. The summed E-state index contributed by atoms with van der Waals surface area (Å²) >= 11 is 0. The fourth-order valence-electron chi connectivity index (χ4n) is 0. The van der Waals surface area contributed by atoms with E-state index in [-0.39, 0.29) is 115 Å². The number of rotatable bonds is 0. The van der Waals surface area contributed by atoms with Gasteiger partial charge >= 0.3 is 0 Å². The van der Waals surface area contributed by atoms with Crippen LogP contribution in [0.3, 0.4) is 0 Å². The van der Waals surface area contributed by atoms with Gasteiger partial charge in [0, 0.05) is 20.4 Å². The van der Waals surface area contributed by atoms with E-state index in [2.05, 4.69) is 0 Å². The molecule has 1 radical (unpaired) electrons. The van der Waals surface area contributed by atoms with E-state index < -0.39 is 0 Å². The summed E-state index contributed by atoms with van der Waals surface area (Å²) in [5, 5.41) is 0. The van der Waals surface area contributed by atoms with Gasteiger partial charge in [-0.3, -0.25) is 0 Å². The van der Waals surface area contributed by atoms with E-state index in [1.807, 2.05) is 0 Å². The molecule has 0 aromatic carbocycles. The van der Waals surface area contributed by atoms with Crippen LogP contribution >= 0.6 is 94.5 Å². The summed E-state index contributed by atoms with van der Waals surface area (Å²) in [4.78, 5) is 0. The molecular weight excluding hydrogens is 411 g/mol. The van der Waals surface area contributed by atoms with Crippen LogP contribution in [-0.4, -0.2) is 0 Å². The Labute approximate surface area is 113 Å². The summed E-state index contributed by atoms with van der Waals surface area (Å²) in [6, 6.07) is 0. The Bertz CT molecular complexity index is 4.35. The van der Waals surface area contributed by atoms with Gasteiger partial charge in [-0.15, -0.1) is 0 Å². The average molecular weight is 425 g/mol. The van der Waals surface area contributed by atoms with Crippen LogP contribution in [0.25, 0.3) is 0 Å². The van der Waals surface area contributed by atoms with Crippen molar-refractivity contribution in [3.8, 4) is 0 Å². The van der Waals surface area contributed by atoms with Crippen molar-refractivity contribution in [2.75, 3.05) is 0 Å². The summed E-state index contributed by atoms with van der Waals surface area (Å²) in [5.41, 5.74) is 0. The summed E-state index contributed by atoms with van der Waals surface area (Å²) in [7, 11) is 0. The molecule has 0 heterocycles. The first-order valence-electron chi connectivity index (χ1n) is 0. The van der Waals surface area contributed by atoms with Crippen LogP contribution in [0.4, 0.5) is 0 Å². The molecule has 0 atom stereocenters. The van der Waals surface area contributed by atoms with Crippen LogP contribution in [0.2, 0.25) is 0 Å². The minimum Gasteiger partial charge on any atom is -0.197 e. The summed E-state index contributed by atoms with van der Waals surface area (Å²) in [5.74, 6) is 0. The Kier molecular flexibility index (Phi) is 1270. The van der Waals surface area contributed by atoms with Crippen molar-refractivity contribution in [1.29, 1.82) is 0 Å². The molecule has 0 aliphatic heterocycles. The molecule has 0 bridgehead atoms. The topological polar surface area (TPSA) is 0 Å². The van der Waals surface area contributed by atoms with E-state index in [4.69, 9.17) is 0 Å². The maximum Gasteiger partial charge on any atom is 0 e. The van der Waals surface area contributed by atoms with Crippen molar-refractivity contribution in [3.05, 3.63) is 0 Å². The van der Waals surface area contributed by atoms with Crippen LogP contribution in [0.5, 0.6) is 0 Å². The van der Waals surface area contributed by atoms with E-state index in [0.717, 1.165) is 0 Å². The van der Waals surface area contributed by atoms with Crippen molar-refractivity contribution < 1.29 is 20.4 Å². The predicted molar refractivity (Wildman–Crippen MR) is 72.7 cm³/mol. The van der Waals surface area contributed by atoms with Gasteiger partial charge in [-0.25, -0.2) is 0 Å². The maximum atomic E-state index is 0. The minimum absolute atomic E-state index is 0. The smallest absolute Gasteiger partial charge is 0 e. The van der Waals surface area contributed by atoms with Gasteiger partial charge in [0.25, 0.3) is 0 Å². The van der Waals surface area contributed by atoms with E-state index in [0.29, 0.717) is 0 Å². The number of hydrogen-bond donors (Lipinski definition) is 0. The summed E-state index contributed by atoms with van der Waals surface area (Å²) < 4.78 is 0. The normalized spacial score (nSPS) is 0. The van der Waals surface area contributed by atoms with Gasteiger partial charge < -0.3 is 0 Å². The van der Waals surface area contributed by atoms with E-state index in [9.17, 15) is 0 Å². The van der Waals surface area contributed by atoms with Crippen LogP contribution in [-0.2, 0) is 20.4 Å². The zero-order valence-corrected chi connectivity index (χ0v) is 13.6. The predicted octanol–water partition coefficient (Wildman–Crippen LogP) is 0.787.